The van der Waals surface area contributed by atoms with Gasteiger partial charge < -0.3 is 5.32 Å². The molecule has 0 bridgehead atoms. The van der Waals surface area contributed by atoms with E-state index in [0.29, 0.717) is 4.90 Å². The van der Waals surface area contributed by atoms with Crippen molar-refractivity contribution in [3.8, 4) is 0 Å². The van der Waals surface area contributed by atoms with Crippen molar-refractivity contribution in [2.45, 2.75) is 70.7 Å². The van der Waals surface area contributed by atoms with Crippen LogP contribution in [0.1, 0.15) is 54.4 Å². The lowest BCUT2D eigenvalue weighted by Crippen LogP contribution is -2.42. The summed E-state index contributed by atoms with van der Waals surface area (Å²) in [5, 5.41) is 2.93. The molecule has 1 fully saturated rings. The number of hydrogen-bond acceptors (Lipinski definition) is 3. The van der Waals surface area contributed by atoms with E-state index in [1.807, 2.05) is 19.9 Å². The summed E-state index contributed by atoms with van der Waals surface area (Å²) in [6.07, 6.45) is 5.42. The molecule has 0 atom stereocenters. The van der Waals surface area contributed by atoms with Crippen LogP contribution in [0.3, 0.4) is 0 Å². The van der Waals surface area contributed by atoms with Gasteiger partial charge in [-0.25, -0.2) is 13.1 Å². The summed E-state index contributed by atoms with van der Waals surface area (Å²) in [6.45, 7) is 7.19. The molecule has 1 saturated carbocycles. The minimum absolute atomic E-state index is 0.181. The quantitative estimate of drug-likeness (QED) is 0.855. The van der Waals surface area contributed by atoms with Gasteiger partial charge in [-0.2, -0.15) is 0 Å². The first-order valence-electron chi connectivity index (χ1n) is 8.59. The Kier molecular flexibility index (Phi) is 6.04. The second kappa shape index (κ2) is 7.66. The van der Waals surface area contributed by atoms with Gasteiger partial charge in [-0.15, -0.1) is 0 Å². The van der Waals surface area contributed by atoms with Crippen molar-refractivity contribution >= 4 is 15.9 Å². The van der Waals surface area contributed by atoms with Gasteiger partial charge in [0.2, 0.25) is 15.9 Å². The van der Waals surface area contributed by atoms with Crippen molar-refractivity contribution in [1.82, 2.24) is 10.0 Å². The Balaban J connectivity index is 2.08. The van der Waals surface area contributed by atoms with Crippen molar-refractivity contribution in [3.63, 3.8) is 0 Å². The third kappa shape index (κ3) is 4.36. The lowest BCUT2D eigenvalue weighted by Gasteiger charge is -2.23. The molecule has 0 saturated heterocycles. The third-order valence-corrected chi connectivity index (χ3v) is 6.63. The van der Waals surface area contributed by atoms with E-state index >= 15 is 0 Å². The first-order valence-corrected chi connectivity index (χ1v) is 10.1. The molecule has 0 radical (unpaired) electrons. The van der Waals surface area contributed by atoms with E-state index in [0.717, 1.165) is 47.9 Å². The average Bonchev–Trinajstić information content (AvgIpc) is 2.52. The van der Waals surface area contributed by atoms with Crippen LogP contribution >= 0.6 is 0 Å². The number of rotatable bonds is 5. The minimum Gasteiger partial charge on any atom is -0.352 e. The van der Waals surface area contributed by atoms with Gasteiger partial charge in [0.05, 0.1) is 11.4 Å². The van der Waals surface area contributed by atoms with Gasteiger partial charge in [-0.05, 0) is 62.8 Å². The molecule has 1 aromatic rings. The van der Waals surface area contributed by atoms with Gasteiger partial charge in [0, 0.05) is 6.04 Å². The summed E-state index contributed by atoms with van der Waals surface area (Å²) in [5.74, 6) is -0.259. The monoisotopic (exact) mass is 352 g/mol. The lowest BCUT2D eigenvalue weighted by atomic mass is 9.95. The van der Waals surface area contributed by atoms with Crippen LogP contribution in [0.25, 0.3) is 0 Å². The van der Waals surface area contributed by atoms with Gasteiger partial charge in [0.25, 0.3) is 0 Å². The maximum Gasteiger partial charge on any atom is 0.241 e. The van der Waals surface area contributed by atoms with E-state index in [1.165, 1.54) is 6.42 Å². The van der Waals surface area contributed by atoms with E-state index in [2.05, 4.69) is 10.0 Å². The molecular formula is C18H28N2O3S. The molecule has 0 spiro atoms. The van der Waals surface area contributed by atoms with Crippen LogP contribution in [0.2, 0.25) is 0 Å². The highest BCUT2D eigenvalue weighted by Crippen LogP contribution is 2.25. The molecule has 5 nitrogen and oxygen atoms in total. The molecule has 1 amide bonds. The first-order chi connectivity index (χ1) is 11.2. The zero-order chi connectivity index (χ0) is 17.9. The third-order valence-electron chi connectivity index (χ3n) is 4.96. The molecule has 1 aliphatic rings. The van der Waals surface area contributed by atoms with Crippen LogP contribution in [-0.2, 0) is 14.8 Å². The molecule has 2 rings (SSSR count). The summed E-state index contributed by atoms with van der Waals surface area (Å²) in [4.78, 5) is 12.4. The lowest BCUT2D eigenvalue weighted by molar-refractivity contribution is -0.120. The minimum atomic E-state index is -3.71. The van der Waals surface area contributed by atoms with Gasteiger partial charge in [0.15, 0.2) is 0 Å². The van der Waals surface area contributed by atoms with Crippen LogP contribution in [0.15, 0.2) is 11.0 Å². The van der Waals surface area contributed by atoms with Crippen LogP contribution < -0.4 is 10.0 Å². The fraction of sp³-hybridized carbons (Fsp3) is 0.611. The Morgan fingerprint density at radius 2 is 1.58 bits per heavy atom. The molecule has 1 aromatic carbocycles. The normalized spacial score (nSPS) is 16.2. The Morgan fingerprint density at radius 3 is 2.12 bits per heavy atom. The fourth-order valence-electron chi connectivity index (χ4n) is 3.34. The van der Waals surface area contributed by atoms with E-state index in [4.69, 9.17) is 0 Å². The van der Waals surface area contributed by atoms with E-state index in [9.17, 15) is 13.2 Å². The maximum absolute atomic E-state index is 12.7. The van der Waals surface area contributed by atoms with Crippen molar-refractivity contribution in [3.05, 3.63) is 28.3 Å². The van der Waals surface area contributed by atoms with Gasteiger partial charge >= 0.3 is 0 Å². The highest BCUT2D eigenvalue weighted by atomic mass is 32.2. The zero-order valence-corrected chi connectivity index (χ0v) is 15.8. The number of benzene rings is 1. The summed E-state index contributed by atoms with van der Waals surface area (Å²) in [6, 6.07) is 2.17. The Morgan fingerprint density at radius 1 is 1.04 bits per heavy atom. The van der Waals surface area contributed by atoms with Gasteiger partial charge in [-0.3, -0.25) is 4.79 Å². The van der Waals surface area contributed by atoms with Crippen LogP contribution in [0, 0.1) is 27.7 Å². The summed E-state index contributed by atoms with van der Waals surface area (Å²) in [7, 11) is -3.71. The molecular weight excluding hydrogens is 324 g/mol. The number of nitrogens with one attached hydrogen (secondary N) is 2. The first kappa shape index (κ1) is 18.9. The molecule has 0 heterocycles. The molecule has 0 unspecified atom stereocenters. The predicted molar refractivity (Wildman–Crippen MR) is 95.6 cm³/mol. The molecule has 0 aromatic heterocycles. The second-order valence-corrected chi connectivity index (χ2v) is 8.52. The average molecular weight is 353 g/mol. The largest absolute Gasteiger partial charge is 0.352 e. The SMILES string of the molecule is Cc1cc(C)c(C)c(S(=O)(=O)NCC(=O)NC2CCCCC2)c1C. The zero-order valence-electron chi connectivity index (χ0n) is 15.0. The molecule has 0 aliphatic heterocycles. The number of amides is 1. The number of aryl methyl sites for hydroxylation is 2. The highest BCUT2D eigenvalue weighted by Gasteiger charge is 2.23. The van der Waals surface area contributed by atoms with Gasteiger partial charge in [-0.1, -0.05) is 25.3 Å². The smallest absolute Gasteiger partial charge is 0.241 e. The number of carbonyl (C=O) groups is 1. The van der Waals surface area contributed by atoms with Crippen molar-refractivity contribution in [1.29, 1.82) is 0 Å². The van der Waals surface area contributed by atoms with E-state index < -0.39 is 10.0 Å². The predicted octanol–water partition coefficient (Wildman–Crippen LogP) is 2.65. The topological polar surface area (TPSA) is 75.3 Å². The van der Waals surface area contributed by atoms with Gasteiger partial charge in [0.1, 0.15) is 0 Å². The molecule has 134 valence electrons. The Hall–Kier alpha value is -1.40. The Bertz CT molecular complexity index is 694. The maximum atomic E-state index is 12.7. The molecule has 24 heavy (non-hydrogen) atoms. The Labute approximate surface area is 145 Å². The fourth-order valence-corrected chi connectivity index (χ4v) is 4.94. The van der Waals surface area contributed by atoms with Crippen molar-refractivity contribution < 1.29 is 13.2 Å². The van der Waals surface area contributed by atoms with Crippen molar-refractivity contribution in [2.75, 3.05) is 6.54 Å². The van der Waals surface area contributed by atoms with Crippen LogP contribution in [0.4, 0.5) is 0 Å². The molecule has 6 heteroatoms. The standard InChI is InChI=1S/C18H28N2O3S/c1-12-10-13(2)15(4)18(14(12)3)24(22,23)19-11-17(21)20-16-8-6-5-7-9-16/h10,16,19H,5-9,11H2,1-4H3,(H,20,21). The number of carbonyl (C=O) groups excluding carboxylic acids is 1. The van der Waals surface area contributed by atoms with Crippen LogP contribution in [-0.4, -0.2) is 26.9 Å². The van der Waals surface area contributed by atoms with E-state index in [1.54, 1.807) is 13.8 Å². The summed E-state index contributed by atoms with van der Waals surface area (Å²) < 4.78 is 27.8. The summed E-state index contributed by atoms with van der Waals surface area (Å²) >= 11 is 0. The van der Waals surface area contributed by atoms with Crippen LogP contribution in [0.5, 0.6) is 0 Å². The molecule has 1 aliphatic carbocycles. The molecule has 2 N–H and O–H groups in total. The van der Waals surface area contributed by atoms with Crippen molar-refractivity contribution in [2.24, 2.45) is 0 Å². The number of hydrogen-bond donors (Lipinski definition) is 2. The highest BCUT2D eigenvalue weighted by molar-refractivity contribution is 7.89. The second-order valence-electron chi connectivity index (χ2n) is 6.82. The van der Waals surface area contributed by atoms with E-state index in [-0.39, 0.29) is 18.5 Å². The summed E-state index contributed by atoms with van der Waals surface area (Å²) in [5.41, 5.74) is 3.34. The number of sulfonamides is 1.